The number of aryl methyl sites for hydroxylation is 1. The van der Waals surface area contributed by atoms with Gasteiger partial charge in [-0.25, -0.2) is 0 Å². The molecule has 1 aromatic heterocycles. The number of hydrogen-bond donors (Lipinski definition) is 1. The summed E-state index contributed by atoms with van der Waals surface area (Å²) in [5.74, 6) is 0. The zero-order chi connectivity index (χ0) is 11.7. The molecule has 0 saturated heterocycles. The highest BCUT2D eigenvalue weighted by Crippen LogP contribution is 2.33. The van der Waals surface area contributed by atoms with E-state index in [2.05, 4.69) is 35.0 Å². The van der Waals surface area contributed by atoms with Gasteiger partial charge in [0.25, 0.3) is 0 Å². The third-order valence-electron chi connectivity index (χ3n) is 2.50. The van der Waals surface area contributed by atoms with Crippen LogP contribution in [0, 0.1) is 6.92 Å². The first-order valence-electron chi connectivity index (χ1n) is 4.84. The predicted octanol–water partition coefficient (Wildman–Crippen LogP) is 4.52. The molecule has 0 saturated carbocycles. The summed E-state index contributed by atoms with van der Waals surface area (Å²) in [4.78, 5) is 1.02. The summed E-state index contributed by atoms with van der Waals surface area (Å²) < 4.78 is 1.04. The maximum absolute atomic E-state index is 6.24. The lowest BCUT2D eigenvalue weighted by Crippen LogP contribution is -2.12. The smallest absolute Gasteiger partial charge is 0.0664 e. The molecule has 0 amide bonds. The van der Waals surface area contributed by atoms with Gasteiger partial charge in [0.1, 0.15) is 0 Å². The van der Waals surface area contributed by atoms with E-state index >= 15 is 0 Å². The highest BCUT2D eigenvalue weighted by molar-refractivity contribution is 9.10. The van der Waals surface area contributed by atoms with Gasteiger partial charge < -0.3 is 5.73 Å². The molecule has 1 heterocycles. The highest BCUT2D eigenvalue weighted by Gasteiger charge is 2.15. The second-order valence-corrected chi connectivity index (χ2v) is 5.88. The minimum Gasteiger partial charge on any atom is -0.320 e. The monoisotopic (exact) mass is 315 g/mol. The molecule has 16 heavy (non-hydrogen) atoms. The Morgan fingerprint density at radius 1 is 1.38 bits per heavy atom. The molecule has 0 bridgehead atoms. The van der Waals surface area contributed by atoms with Crippen molar-refractivity contribution in [3.63, 3.8) is 0 Å². The van der Waals surface area contributed by atoms with Crippen molar-refractivity contribution in [2.24, 2.45) is 5.73 Å². The van der Waals surface area contributed by atoms with Crippen LogP contribution >= 0.6 is 38.9 Å². The second-order valence-electron chi connectivity index (χ2n) is 3.61. The van der Waals surface area contributed by atoms with E-state index in [1.54, 1.807) is 11.3 Å². The first-order valence-corrected chi connectivity index (χ1v) is 6.89. The summed E-state index contributed by atoms with van der Waals surface area (Å²) in [6, 6.07) is 7.86. The molecule has 0 spiro atoms. The van der Waals surface area contributed by atoms with Gasteiger partial charge in [0.05, 0.1) is 11.1 Å². The fourth-order valence-electron chi connectivity index (χ4n) is 1.61. The van der Waals surface area contributed by atoms with Crippen LogP contribution < -0.4 is 5.73 Å². The average molecular weight is 317 g/mol. The Hall–Kier alpha value is -0.350. The molecule has 2 aromatic rings. The van der Waals surface area contributed by atoms with Crippen LogP contribution in [0.25, 0.3) is 0 Å². The fourth-order valence-corrected chi connectivity index (χ4v) is 3.19. The topological polar surface area (TPSA) is 26.0 Å². The molecule has 1 unspecified atom stereocenters. The van der Waals surface area contributed by atoms with Crippen LogP contribution in [0.5, 0.6) is 0 Å². The summed E-state index contributed by atoms with van der Waals surface area (Å²) in [5, 5.41) is 2.71. The van der Waals surface area contributed by atoms with Crippen LogP contribution in [-0.2, 0) is 0 Å². The first kappa shape index (κ1) is 12.1. The van der Waals surface area contributed by atoms with Gasteiger partial charge in [0, 0.05) is 9.35 Å². The molecule has 1 nitrogen and oxygen atoms in total. The lowest BCUT2D eigenvalue weighted by Gasteiger charge is -2.14. The molecule has 1 atom stereocenters. The van der Waals surface area contributed by atoms with E-state index in [1.165, 1.54) is 5.56 Å². The van der Waals surface area contributed by atoms with E-state index in [4.69, 9.17) is 17.3 Å². The van der Waals surface area contributed by atoms with Gasteiger partial charge in [-0.2, -0.15) is 0 Å². The third-order valence-corrected chi connectivity index (χ3v) is 4.44. The zero-order valence-electron chi connectivity index (χ0n) is 8.71. The molecule has 0 aliphatic rings. The maximum Gasteiger partial charge on any atom is 0.0664 e. The molecule has 1 aromatic carbocycles. The van der Waals surface area contributed by atoms with Crippen LogP contribution in [0.1, 0.15) is 22.0 Å². The van der Waals surface area contributed by atoms with Crippen molar-refractivity contribution in [3.8, 4) is 0 Å². The van der Waals surface area contributed by atoms with E-state index in [-0.39, 0.29) is 6.04 Å². The zero-order valence-corrected chi connectivity index (χ0v) is 11.9. The summed E-state index contributed by atoms with van der Waals surface area (Å²) >= 11 is 11.2. The molecule has 0 aliphatic heterocycles. The number of nitrogens with two attached hydrogens (primary N) is 1. The predicted molar refractivity (Wildman–Crippen MR) is 74.2 cm³/mol. The van der Waals surface area contributed by atoms with E-state index in [0.717, 1.165) is 19.9 Å². The minimum absolute atomic E-state index is 0.148. The minimum atomic E-state index is -0.148. The van der Waals surface area contributed by atoms with Crippen molar-refractivity contribution in [3.05, 3.63) is 55.1 Å². The highest BCUT2D eigenvalue weighted by atomic mass is 79.9. The second kappa shape index (κ2) is 4.88. The number of benzene rings is 1. The molecule has 2 N–H and O–H groups in total. The van der Waals surface area contributed by atoms with Gasteiger partial charge in [-0.1, -0.05) is 33.6 Å². The number of thiophene rings is 1. The van der Waals surface area contributed by atoms with E-state index in [0.29, 0.717) is 0 Å². The van der Waals surface area contributed by atoms with Crippen molar-refractivity contribution in [2.45, 2.75) is 13.0 Å². The SMILES string of the molecule is Cc1ccc(Br)cc1C(N)c1sccc1Cl. The fraction of sp³-hybridized carbons (Fsp3) is 0.167. The third kappa shape index (κ3) is 2.33. The number of hydrogen-bond acceptors (Lipinski definition) is 2. The largest absolute Gasteiger partial charge is 0.320 e. The molecular formula is C12H11BrClNS. The maximum atomic E-state index is 6.24. The normalized spacial score (nSPS) is 12.8. The lowest BCUT2D eigenvalue weighted by atomic mass is 10.0. The van der Waals surface area contributed by atoms with Crippen LogP contribution in [0.2, 0.25) is 5.02 Å². The van der Waals surface area contributed by atoms with Crippen LogP contribution in [0.15, 0.2) is 34.1 Å². The number of halogens is 2. The van der Waals surface area contributed by atoms with Gasteiger partial charge in [-0.05, 0) is 41.6 Å². The van der Waals surface area contributed by atoms with Crippen molar-refractivity contribution in [1.29, 1.82) is 0 Å². The Morgan fingerprint density at radius 2 is 2.12 bits per heavy atom. The standard InChI is InChI=1S/C12H11BrClNS/c1-7-2-3-8(13)6-9(7)11(15)12-10(14)4-5-16-12/h2-6,11H,15H2,1H3. The first-order chi connectivity index (χ1) is 7.59. The molecule has 84 valence electrons. The average Bonchev–Trinajstić information content (AvgIpc) is 2.67. The Balaban J connectivity index is 2.45. The number of rotatable bonds is 2. The Kier molecular flexibility index (Phi) is 3.70. The Morgan fingerprint density at radius 3 is 2.75 bits per heavy atom. The van der Waals surface area contributed by atoms with Crippen molar-refractivity contribution in [2.75, 3.05) is 0 Å². The van der Waals surface area contributed by atoms with E-state index in [9.17, 15) is 0 Å². The van der Waals surface area contributed by atoms with Crippen LogP contribution in [-0.4, -0.2) is 0 Å². The Labute approximate surface area is 112 Å². The van der Waals surface area contributed by atoms with Gasteiger partial charge in [-0.15, -0.1) is 11.3 Å². The van der Waals surface area contributed by atoms with Crippen LogP contribution in [0.3, 0.4) is 0 Å². The lowest BCUT2D eigenvalue weighted by molar-refractivity contribution is 0.881. The van der Waals surface area contributed by atoms with Crippen molar-refractivity contribution < 1.29 is 0 Å². The molecule has 2 rings (SSSR count). The van der Waals surface area contributed by atoms with Gasteiger partial charge >= 0.3 is 0 Å². The molecular weight excluding hydrogens is 306 g/mol. The van der Waals surface area contributed by atoms with Gasteiger partial charge in [0.15, 0.2) is 0 Å². The Bertz CT molecular complexity index is 509. The summed E-state index contributed by atoms with van der Waals surface area (Å²) in [5.41, 5.74) is 8.53. The summed E-state index contributed by atoms with van der Waals surface area (Å²) in [7, 11) is 0. The van der Waals surface area contributed by atoms with Crippen molar-refractivity contribution in [1.82, 2.24) is 0 Å². The molecule has 0 aliphatic carbocycles. The quantitative estimate of drug-likeness (QED) is 0.866. The van der Waals surface area contributed by atoms with E-state index < -0.39 is 0 Å². The summed E-state index contributed by atoms with van der Waals surface area (Å²) in [6.07, 6.45) is 0. The van der Waals surface area contributed by atoms with Crippen molar-refractivity contribution >= 4 is 38.9 Å². The molecule has 4 heteroatoms. The van der Waals surface area contributed by atoms with E-state index in [1.807, 2.05) is 17.5 Å². The summed E-state index contributed by atoms with van der Waals surface area (Å²) in [6.45, 7) is 2.06. The van der Waals surface area contributed by atoms with Crippen LogP contribution in [0.4, 0.5) is 0 Å². The van der Waals surface area contributed by atoms with Gasteiger partial charge in [0.2, 0.25) is 0 Å². The van der Waals surface area contributed by atoms with Gasteiger partial charge in [-0.3, -0.25) is 0 Å². The molecule has 0 fully saturated rings. The molecule has 0 radical (unpaired) electrons.